The van der Waals surface area contributed by atoms with E-state index in [1.807, 2.05) is 21.1 Å². The maximum absolute atomic E-state index is 10.2. The van der Waals surface area contributed by atoms with E-state index < -0.39 is 84.1 Å². The number of aliphatic hydroxyl groups is 5. The number of carbonyl (C=O) groups is 7. The van der Waals surface area contributed by atoms with E-state index in [1.165, 1.54) is 0 Å². The van der Waals surface area contributed by atoms with Gasteiger partial charge in [-0.25, -0.2) is 0 Å². The van der Waals surface area contributed by atoms with Gasteiger partial charge in [0.05, 0.1) is 45.0 Å². The first-order valence-corrected chi connectivity index (χ1v) is 9.98. The summed E-state index contributed by atoms with van der Waals surface area (Å²) in [6.07, 6.45) is -10.2. The van der Waals surface area contributed by atoms with Gasteiger partial charge in [0.15, 0.2) is 0 Å². The van der Waals surface area contributed by atoms with Gasteiger partial charge in [-0.05, 0) is 0 Å². The number of carboxylic acid groups (broad SMARTS) is 7. The monoisotopic (exact) mass is 691 g/mol. The van der Waals surface area contributed by atoms with Crippen molar-refractivity contribution in [3.63, 3.8) is 0 Å². The van der Waals surface area contributed by atoms with Crippen molar-refractivity contribution in [2.75, 3.05) is 27.7 Å². The molecule has 20 nitrogen and oxygen atoms in total. The van der Waals surface area contributed by atoms with Crippen LogP contribution in [-0.2, 0) is 33.6 Å². The number of carbonyl (C=O) groups excluding carboxylic acids is 7. The molecule has 0 saturated heterocycles. The molecule has 0 heterocycles. The van der Waals surface area contributed by atoms with Crippen molar-refractivity contribution in [3.05, 3.63) is 0 Å². The number of hydrogen-bond acceptors (Lipinski definition) is 19. The number of aliphatic hydroxyl groups excluding tert-OH is 3. The van der Waals surface area contributed by atoms with E-state index in [0.29, 0.717) is 11.0 Å². The molecule has 0 aromatic rings. The van der Waals surface area contributed by atoms with E-state index in [1.54, 1.807) is 0 Å². The van der Waals surface area contributed by atoms with Crippen molar-refractivity contribution < 1.29 is 99.3 Å². The fraction of sp³-hybridized carbons (Fsp3) is 0.632. The molecule has 0 aliphatic carbocycles. The Morgan fingerprint density at radius 1 is 0.595 bits per heavy atom. The summed E-state index contributed by atoms with van der Waals surface area (Å²) in [6, 6.07) is 0. The Kier molecular flexibility index (Phi) is 31.2. The molecule has 0 radical (unpaired) electrons. The van der Waals surface area contributed by atoms with Gasteiger partial charge in [-0.2, -0.15) is 0 Å². The Morgan fingerprint density at radius 2 is 0.857 bits per heavy atom. The molecule has 42 heavy (non-hydrogen) atoms. The summed E-state index contributed by atoms with van der Waals surface area (Å²) in [4.78, 5) is 70.3. The molecular weight excluding hydrogens is 666 g/mol. The maximum atomic E-state index is 10.2. The van der Waals surface area contributed by atoms with Crippen molar-refractivity contribution in [2.45, 2.75) is 48.8 Å². The van der Waals surface area contributed by atoms with E-state index in [2.05, 4.69) is 0 Å². The quantitative estimate of drug-likeness (QED) is 0.0833. The maximum Gasteiger partial charge on any atom is 2.00 e. The molecule has 5 atom stereocenters. The summed E-state index contributed by atoms with van der Waals surface area (Å²) in [6.45, 7) is 0.425. The normalized spacial score (nSPS) is 15.0. The first-order valence-electron chi connectivity index (χ1n) is 9.98. The summed E-state index contributed by atoms with van der Waals surface area (Å²) >= 11 is 0. The Bertz CT molecular complexity index is 871. The Labute approximate surface area is 326 Å². The second-order valence-corrected chi connectivity index (χ2v) is 8.67. The van der Waals surface area contributed by atoms with Gasteiger partial charge in [-0.3, -0.25) is 0 Å². The van der Waals surface area contributed by atoms with Crippen LogP contribution >= 0.6 is 0 Å². The molecule has 0 aliphatic heterocycles. The molecule has 5 N–H and O–H groups in total. The van der Waals surface area contributed by atoms with Crippen molar-refractivity contribution in [2.24, 2.45) is 0 Å². The number of rotatable bonds is 14. The number of carboxylic acids is 7. The van der Waals surface area contributed by atoms with Gasteiger partial charge >= 0.3 is 113 Å². The molecule has 23 heteroatoms. The Balaban J connectivity index is -0.000000113. The molecule has 0 aromatic carbocycles. The largest absolute Gasteiger partial charge is 2.00 e. The summed E-state index contributed by atoms with van der Waals surface area (Å²) in [7, 11) is 5.66. The number of aliphatic carboxylic acids is 7. The fourth-order valence-electron chi connectivity index (χ4n) is 2.28. The van der Waals surface area contributed by atoms with Crippen LogP contribution in [0, 0.1) is 0 Å². The summed E-state index contributed by atoms with van der Waals surface area (Å²) in [5.41, 5.74) is -6.92. The number of hydrogen-bond donors (Lipinski definition) is 5. The van der Waals surface area contributed by atoms with Gasteiger partial charge in [0.25, 0.3) is 0 Å². The zero-order valence-electron chi connectivity index (χ0n) is 22.6. The standard InChI is InChI=1S/C7H15NO3.2C6H8O8.3Ca/c1-8(2,3)5-6(9)4-7(10)11;2*7-2(8)1-6(14,5(12)13)3(9)4(10)11;;;/h6,9H,4-5H2,1-3H3;2*3,9,14H,1H2,(H,7,8)(H,10,11)(H,12,13);;;/q;;;3*+2/p-6. The van der Waals surface area contributed by atoms with Gasteiger partial charge in [-0.1, -0.05) is 0 Å². The number of nitrogens with zero attached hydrogens (tertiary/aromatic N) is 1. The third-order valence-corrected chi connectivity index (χ3v) is 4.05. The molecule has 0 aliphatic rings. The molecule has 226 valence electrons. The smallest absolute Gasteiger partial charge is 0.550 e. The van der Waals surface area contributed by atoms with Crippen LogP contribution in [0.3, 0.4) is 0 Å². The van der Waals surface area contributed by atoms with Gasteiger partial charge in [0.1, 0.15) is 36.1 Å². The van der Waals surface area contributed by atoms with Crippen LogP contribution in [0.15, 0.2) is 0 Å². The van der Waals surface area contributed by atoms with Gasteiger partial charge in [0, 0.05) is 37.2 Å². The van der Waals surface area contributed by atoms with Crippen molar-refractivity contribution in [1.29, 1.82) is 0 Å². The van der Waals surface area contributed by atoms with Crippen LogP contribution in [0.2, 0.25) is 0 Å². The molecule has 0 aromatic heterocycles. The molecule has 0 spiro atoms. The van der Waals surface area contributed by atoms with Crippen LogP contribution in [0.1, 0.15) is 19.3 Å². The second kappa shape index (κ2) is 24.1. The molecule has 0 saturated carbocycles. The van der Waals surface area contributed by atoms with Crippen LogP contribution in [0.5, 0.6) is 0 Å². The van der Waals surface area contributed by atoms with Gasteiger partial charge in [-0.15, -0.1) is 0 Å². The minimum Gasteiger partial charge on any atom is -0.550 e. The average Bonchev–Trinajstić information content (AvgIpc) is 2.69. The van der Waals surface area contributed by atoms with Crippen molar-refractivity contribution >= 4 is 155 Å². The van der Waals surface area contributed by atoms with Gasteiger partial charge in [0.2, 0.25) is 0 Å². The van der Waals surface area contributed by atoms with Crippen molar-refractivity contribution in [3.8, 4) is 0 Å². The van der Waals surface area contributed by atoms with E-state index >= 15 is 0 Å². The van der Waals surface area contributed by atoms with Crippen molar-refractivity contribution in [1.82, 2.24) is 0 Å². The minimum absolute atomic E-state index is 0. The molecule has 0 amide bonds. The molecule has 0 fully saturated rings. The topological polar surface area (TPSA) is 382 Å². The fourth-order valence-corrected chi connectivity index (χ4v) is 2.28. The zero-order valence-corrected chi connectivity index (χ0v) is 29.2. The third-order valence-electron chi connectivity index (χ3n) is 4.05. The molecule has 5 unspecified atom stereocenters. The second-order valence-electron chi connectivity index (χ2n) is 8.67. The van der Waals surface area contributed by atoms with Crippen LogP contribution in [-0.4, -0.2) is 242 Å². The average molecular weight is 692 g/mol. The first kappa shape index (κ1) is 54.3. The SMILES string of the molecule is C[N+](C)(C)CC(O)CC(=O)[O-].O=C([O-])CC(O)(C(=O)[O-])C(O)C(=O)[O-].O=C([O-])CC(O)(C(=O)[O-])C(O)C(=O)[O-].[Ca+2].[Ca+2].[Ca+2]. The summed E-state index contributed by atoms with van der Waals surface area (Å²) < 4.78 is 0.550. The van der Waals surface area contributed by atoms with Crippen LogP contribution in [0.25, 0.3) is 0 Å². The Morgan fingerprint density at radius 3 is 1.00 bits per heavy atom. The summed E-state index contributed by atoms with van der Waals surface area (Å²) in [5.74, 6) is -14.9. The zero-order chi connectivity index (χ0) is 32.1. The first-order chi connectivity index (χ1) is 17.2. The predicted molar refractivity (Wildman–Crippen MR) is 117 cm³/mol. The number of likely N-dealkylation sites (N-methyl/N-ethyl adjacent to an activating group) is 1. The number of quaternary nitrogens is 1. The molecule has 0 bridgehead atoms. The third kappa shape index (κ3) is 23.2. The molecular formula is C19H25Ca3NO19. The summed E-state index contributed by atoms with van der Waals surface area (Å²) in [5, 5.41) is 115. The van der Waals surface area contributed by atoms with Gasteiger partial charge < -0.3 is 99.3 Å². The van der Waals surface area contributed by atoms with Crippen LogP contribution < -0.4 is 35.7 Å². The Hall–Kier alpha value is -0.171. The minimum atomic E-state index is -3.46. The van der Waals surface area contributed by atoms with E-state index in [0.717, 1.165) is 0 Å². The predicted octanol–water partition coefficient (Wildman–Crippen LogP) is -15.5. The van der Waals surface area contributed by atoms with E-state index in [-0.39, 0.29) is 120 Å². The van der Waals surface area contributed by atoms with E-state index in [4.69, 9.17) is 25.5 Å². The van der Waals surface area contributed by atoms with E-state index in [9.17, 15) is 69.3 Å². The molecule has 0 rings (SSSR count). The van der Waals surface area contributed by atoms with Crippen LogP contribution in [0.4, 0.5) is 0 Å².